The summed E-state index contributed by atoms with van der Waals surface area (Å²) in [7, 11) is 1.51. The smallest absolute Gasteiger partial charge is 0.338 e. The first-order chi connectivity index (χ1) is 19.4. The van der Waals surface area contributed by atoms with Crippen LogP contribution in [0.1, 0.15) is 29.8 Å². The molecule has 1 heterocycles. The lowest BCUT2D eigenvalue weighted by Crippen LogP contribution is -2.28. The van der Waals surface area contributed by atoms with Gasteiger partial charge in [0.05, 0.1) is 29.9 Å². The van der Waals surface area contributed by atoms with Crippen LogP contribution in [-0.4, -0.2) is 54.7 Å². The van der Waals surface area contributed by atoms with Crippen molar-refractivity contribution < 1.29 is 28.6 Å². The lowest BCUT2D eigenvalue weighted by molar-refractivity contribution is -0.122. The second-order valence-corrected chi connectivity index (χ2v) is 9.42. The number of hydrogen-bond donors (Lipinski definition) is 1. The topological polar surface area (TPSA) is 107 Å². The molecule has 0 saturated carbocycles. The van der Waals surface area contributed by atoms with Crippen molar-refractivity contribution in [3.05, 3.63) is 88.8 Å². The van der Waals surface area contributed by atoms with Crippen molar-refractivity contribution in [1.29, 1.82) is 0 Å². The average Bonchev–Trinajstić information content (AvgIpc) is 3.25. The SMILES string of the molecule is CCOC(=O)c1cccc(N=C2SC(=Cc3cccc(OC)c3OCC(=O)Nc3ccccc3)C(=O)N2CC)c1. The number of benzene rings is 3. The molecule has 0 aliphatic carbocycles. The van der Waals surface area contributed by atoms with Crippen molar-refractivity contribution in [1.82, 2.24) is 4.90 Å². The zero-order valence-electron chi connectivity index (χ0n) is 22.4. The first kappa shape index (κ1) is 28.4. The minimum atomic E-state index is -0.435. The Morgan fingerprint density at radius 1 is 1.02 bits per heavy atom. The molecule has 0 radical (unpaired) electrons. The monoisotopic (exact) mass is 559 g/mol. The summed E-state index contributed by atoms with van der Waals surface area (Å²) in [6.45, 7) is 4.02. The number of methoxy groups -OCH3 is 1. The van der Waals surface area contributed by atoms with Gasteiger partial charge in [0.2, 0.25) is 0 Å². The van der Waals surface area contributed by atoms with E-state index >= 15 is 0 Å². The predicted octanol–water partition coefficient (Wildman–Crippen LogP) is 5.51. The number of para-hydroxylation sites is 2. The summed E-state index contributed by atoms with van der Waals surface area (Å²) in [5, 5.41) is 3.26. The lowest BCUT2D eigenvalue weighted by atomic mass is 10.1. The molecule has 1 N–H and O–H groups in total. The number of carbonyl (C=O) groups excluding carboxylic acids is 3. The fourth-order valence-corrected chi connectivity index (χ4v) is 4.91. The molecule has 40 heavy (non-hydrogen) atoms. The van der Waals surface area contributed by atoms with Crippen LogP contribution in [0.25, 0.3) is 6.08 Å². The molecule has 1 aliphatic heterocycles. The molecule has 0 atom stereocenters. The fraction of sp³-hybridized carbons (Fsp3) is 0.200. The summed E-state index contributed by atoms with van der Waals surface area (Å²) >= 11 is 1.21. The Hall–Kier alpha value is -4.57. The van der Waals surface area contributed by atoms with E-state index in [1.165, 1.54) is 18.9 Å². The van der Waals surface area contributed by atoms with Crippen molar-refractivity contribution in [2.45, 2.75) is 13.8 Å². The molecule has 206 valence electrons. The van der Waals surface area contributed by atoms with E-state index in [1.54, 1.807) is 72.5 Å². The minimum absolute atomic E-state index is 0.219. The lowest BCUT2D eigenvalue weighted by Gasteiger charge is -2.14. The van der Waals surface area contributed by atoms with Crippen molar-refractivity contribution >= 4 is 52.2 Å². The van der Waals surface area contributed by atoms with Gasteiger partial charge in [-0.05, 0) is 68.1 Å². The molecule has 1 fully saturated rings. The number of likely N-dealkylation sites (N-methyl/N-ethyl adjacent to an activating group) is 1. The molecular formula is C30H29N3O6S. The van der Waals surface area contributed by atoms with Crippen LogP contribution in [0.15, 0.2) is 82.7 Å². The number of amidine groups is 1. The van der Waals surface area contributed by atoms with Crippen LogP contribution in [0.3, 0.4) is 0 Å². The van der Waals surface area contributed by atoms with E-state index in [0.717, 1.165) is 0 Å². The summed E-state index contributed by atoms with van der Waals surface area (Å²) in [5.41, 5.74) is 2.14. The first-order valence-corrected chi connectivity index (χ1v) is 13.5. The zero-order valence-corrected chi connectivity index (χ0v) is 23.2. The number of nitrogens with zero attached hydrogens (tertiary/aromatic N) is 2. The van der Waals surface area contributed by atoms with Gasteiger partial charge in [-0.15, -0.1) is 0 Å². The molecule has 0 aromatic heterocycles. The van der Waals surface area contributed by atoms with Gasteiger partial charge < -0.3 is 19.5 Å². The molecule has 4 rings (SSSR count). The number of amides is 2. The highest BCUT2D eigenvalue weighted by Crippen LogP contribution is 2.38. The van der Waals surface area contributed by atoms with Crippen LogP contribution in [0, 0.1) is 0 Å². The van der Waals surface area contributed by atoms with E-state index in [1.807, 2.05) is 25.1 Å². The number of aliphatic imine (C=N–C) groups is 1. The molecule has 1 saturated heterocycles. The molecule has 9 nitrogen and oxygen atoms in total. The molecule has 10 heteroatoms. The minimum Gasteiger partial charge on any atom is -0.493 e. The fourth-order valence-electron chi connectivity index (χ4n) is 3.86. The maximum atomic E-state index is 13.3. The third-order valence-corrected chi connectivity index (χ3v) is 6.71. The second kappa shape index (κ2) is 13.5. The summed E-state index contributed by atoms with van der Waals surface area (Å²) in [4.78, 5) is 44.5. The Bertz CT molecular complexity index is 1450. The van der Waals surface area contributed by atoms with E-state index in [9.17, 15) is 14.4 Å². The largest absolute Gasteiger partial charge is 0.493 e. The summed E-state index contributed by atoms with van der Waals surface area (Å²) < 4.78 is 16.4. The maximum Gasteiger partial charge on any atom is 0.338 e. The summed E-state index contributed by atoms with van der Waals surface area (Å²) in [6, 6.07) is 21.1. The van der Waals surface area contributed by atoms with Crippen LogP contribution in [0.5, 0.6) is 11.5 Å². The van der Waals surface area contributed by atoms with Crippen molar-refractivity contribution in [3.63, 3.8) is 0 Å². The first-order valence-electron chi connectivity index (χ1n) is 12.7. The maximum absolute atomic E-state index is 13.3. The number of ether oxygens (including phenoxy) is 3. The van der Waals surface area contributed by atoms with Gasteiger partial charge in [0, 0.05) is 17.8 Å². The van der Waals surface area contributed by atoms with E-state index in [2.05, 4.69) is 10.3 Å². The number of nitrogens with one attached hydrogen (secondary N) is 1. The second-order valence-electron chi connectivity index (χ2n) is 8.41. The van der Waals surface area contributed by atoms with Gasteiger partial charge in [-0.25, -0.2) is 9.79 Å². The van der Waals surface area contributed by atoms with E-state index in [4.69, 9.17) is 14.2 Å². The van der Waals surface area contributed by atoms with Gasteiger partial charge in [-0.1, -0.05) is 36.4 Å². The molecule has 2 amide bonds. The van der Waals surface area contributed by atoms with Gasteiger partial charge in [0.1, 0.15) is 0 Å². The number of hydrogen-bond acceptors (Lipinski definition) is 8. The normalized spacial score (nSPS) is 14.9. The standard InChI is InChI=1S/C30H29N3O6S/c1-4-33-28(35)25(40-30(33)32-23-15-9-12-21(17-23)29(36)38-5-2)18-20-11-10-16-24(37-3)27(20)39-19-26(34)31-22-13-7-6-8-14-22/h6-18H,4-5,19H2,1-3H3,(H,31,34). The van der Waals surface area contributed by atoms with Crippen molar-refractivity contribution in [2.24, 2.45) is 4.99 Å². The summed E-state index contributed by atoms with van der Waals surface area (Å²) in [6.07, 6.45) is 1.69. The zero-order chi connectivity index (χ0) is 28.5. The number of carbonyl (C=O) groups is 3. The average molecular weight is 560 g/mol. The quantitative estimate of drug-likeness (QED) is 0.258. The number of esters is 1. The third-order valence-electron chi connectivity index (χ3n) is 5.71. The molecule has 0 unspecified atom stereocenters. The van der Waals surface area contributed by atoms with Crippen molar-refractivity contribution in [3.8, 4) is 11.5 Å². The Morgan fingerprint density at radius 3 is 2.52 bits per heavy atom. The van der Waals surface area contributed by atoms with Gasteiger partial charge in [0.25, 0.3) is 11.8 Å². The molecule has 3 aromatic carbocycles. The number of anilines is 1. The highest BCUT2D eigenvalue weighted by Gasteiger charge is 2.32. The number of thioether (sulfide) groups is 1. The number of rotatable bonds is 10. The van der Waals surface area contributed by atoms with E-state index in [0.29, 0.717) is 50.6 Å². The Morgan fingerprint density at radius 2 is 1.80 bits per heavy atom. The van der Waals surface area contributed by atoms with Gasteiger partial charge >= 0.3 is 5.97 Å². The Balaban J connectivity index is 1.58. The third kappa shape index (κ3) is 6.89. The molecular weight excluding hydrogens is 530 g/mol. The van der Waals surface area contributed by atoms with Crippen LogP contribution in [-0.2, 0) is 14.3 Å². The van der Waals surface area contributed by atoms with E-state index in [-0.39, 0.29) is 25.0 Å². The predicted molar refractivity (Wildman–Crippen MR) is 156 cm³/mol. The van der Waals surface area contributed by atoms with Crippen molar-refractivity contribution in [2.75, 3.05) is 32.2 Å². The molecule has 1 aliphatic rings. The van der Waals surface area contributed by atoms with Gasteiger partial charge in [-0.2, -0.15) is 0 Å². The highest BCUT2D eigenvalue weighted by atomic mass is 32.2. The summed E-state index contributed by atoms with van der Waals surface area (Å²) in [5.74, 6) is -0.225. The van der Waals surface area contributed by atoms with E-state index < -0.39 is 5.97 Å². The Labute approximate surface area is 236 Å². The Kier molecular flexibility index (Phi) is 9.58. The van der Waals surface area contributed by atoms with Gasteiger partial charge in [-0.3, -0.25) is 14.5 Å². The van der Waals surface area contributed by atoms with Crippen LogP contribution in [0.2, 0.25) is 0 Å². The molecule has 0 spiro atoms. The highest BCUT2D eigenvalue weighted by molar-refractivity contribution is 8.18. The van der Waals surface area contributed by atoms with Gasteiger partial charge in [0.15, 0.2) is 23.3 Å². The molecule has 3 aromatic rings. The van der Waals surface area contributed by atoms with Crippen LogP contribution in [0.4, 0.5) is 11.4 Å². The molecule has 0 bridgehead atoms. The van der Waals surface area contributed by atoms with Crippen LogP contribution < -0.4 is 14.8 Å². The van der Waals surface area contributed by atoms with Crippen LogP contribution >= 0.6 is 11.8 Å².